The summed E-state index contributed by atoms with van der Waals surface area (Å²) in [6.07, 6.45) is 6.19. The number of ether oxygens (including phenoxy) is 1. The Bertz CT molecular complexity index is 677. The van der Waals surface area contributed by atoms with Crippen molar-refractivity contribution in [3.63, 3.8) is 0 Å². The number of nitrogens with one attached hydrogen (secondary N) is 1. The van der Waals surface area contributed by atoms with Gasteiger partial charge in [-0.05, 0) is 35.4 Å². The molecule has 2 aromatic rings. The second kappa shape index (κ2) is 7.81. The number of quaternary nitrogens is 1. The van der Waals surface area contributed by atoms with E-state index in [2.05, 4.69) is 32.3 Å². The Morgan fingerprint density at radius 3 is 2.52 bits per heavy atom. The quantitative estimate of drug-likeness (QED) is 0.901. The van der Waals surface area contributed by atoms with E-state index in [1.807, 2.05) is 12.1 Å². The predicted molar refractivity (Wildman–Crippen MR) is 94.7 cm³/mol. The third-order valence-corrected chi connectivity index (χ3v) is 5.70. The third kappa shape index (κ3) is 3.71. The van der Waals surface area contributed by atoms with Crippen molar-refractivity contribution in [1.29, 1.82) is 0 Å². The lowest BCUT2D eigenvalue weighted by molar-refractivity contribution is -0.933. The van der Waals surface area contributed by atoms with E-state index in [0.717, 1.165) is 37.2 Å². The molecule has 1 aromatic heterocycles. The number of tetrazole rings is 1. The van der Waals surface area contributed by atoms with Crippen LogP contribution in [0.25, 0.3) is 0 Å². The molecule has 0 radical (unpaired) electrons. The first-order valence-electron chi connectivity index (χ1n) is 9.28. The zero-order valence-electron chi connectivity index (χ0n) is 14.4. The summed E-state index contributed by atoms with van der Waals surface area (Å²) in [5, 5.41) is 13.7. The lowest BCUT2D eigenvalue weighted by Gasteiger charge is -2.32. The van der Waals surface area contributed by atoms with Crippen molar-refractivity contribution in [2.75, 3.05) is 26.3 Å². The highest BCUT2D eigenvalue weighted by molar-refractivity contribution is 6.30. The lowest BCUT2D eigenvalue weighted by Crippen LogP contribution is -3.14. The Hall–Kier alpha value is -1.50. The van der Waals surface area contributed by atoms with Crippen LogP contribution in [0.1, 0.15) is 55.6 Å². The van der Waals surface area contributed by atoms with Crippen LogP contribution >= 0.6 is 11.6 Å². The summed E-state index contributed by atoms with van der Waals surface area (Å²) >= 11 is 6.11. The molecule has 0 unspecified atom stereocenters. The smallest absolute Gasteiger partial charge is 0.214 e. The van der Waals surface area contributed by atoms with Gasteiger partial charge in [0.05, 0.1) is 19.3 Å². The van der Waals surface area contributed by atoms with Crippen molar-refractivity contribution < 1.29 is 9.64 Å². The highest BCUT2D eigenvalue weighted by atomic mass is 35.5. The molecular weight excluding hydrogens is 338 g/mol. The molecule has 25 heavy (non-hydrogen) atoms. The van der Waals surface area contributed by atoms with Gasteiger partial charge in [-0.2, -0.15) is 0 Å². The minimum absolute atomic E-state index is 0.123. The molecule has 7 heteroatoms. The number of hydrogen-bond acceptors (Lipinski definition) is 4. The van der Waals surface area contributed by atoms with Gasteiger partial charge in [0, 0.05) is 10.6 Å². The summed E-state index contributed by atoms with van der Waals surface area (Å²) in [7, 11) is 0. The molecule has 2 heterocycles. The van der Waals surface area contributed by atoms with Gasteiger partial charge in [-0.1, -0.05) is 43.0 Å². The Kier molecular flexibility index (Phi) is 5.29. The Morgan fingerprint density at radius 1 is 1.08 bits per heavy atom. The summed E-state index contributed by atoms with van der Waals surface area (Å²) in [5.74, 6) is 0.978. The standard InChI is InChI=1S/C18H24ClN5O/c19-15-8-6-14(7-9-15)17(23-10-12-25-13-11-23)18-20-21-22-24(18)16-4-2-1-3-5-16/h6-9,16-17H,1-5,10-13H2/p+1/t17-/m1/s1. The van der Waals surface area contributed by atoms with Crippen molar-refractivity contribution in [3.05, 3.63) is 40.7 Å². The van der Waals surface area contributed by atoms with E-state index in [4.69, 9.17) is 16.3 Å². The predicted octanol–water partition coefficient (Wildman–Crippen LogP) is 1.84. The van der Waals surface area contributed by atoms with Gasteiger partial charge in [0.2, 0.25) is 5.82 Å². The van der Waals surface area contributed by atoms with E-state index in [1.54, 1.807) is 0 Å². The molecule has 1 aromatic carbocycles. The summed E-state index contributed by atoms with van der Waals surface area (Å²) in [6, 6.07) is 8.67. The number of nitrogens with zero attached hydrogens (tertiary/aromatic N) is 4. The summed E-state index contributed by atoms with van der Waals surface area (Å²) in [6.45, 7) is 3.49. The molecule has 1 atom stereocenters. The van der Waals surface area contributed by atoms with Crippen molar-refractivity contribution in [1.82, 2.24) is 20.2 Å². The average molecular weight is 363 g/mol. The fourth-order valence-corrected chi connectivity index (χ4v) is 4.25. The van der Waals surface area contributed by atoms with Gasteiger partial charge in [0.1, 0.15) is 13.1 Å². The van der Waals surface area contributed by atoms with Gasteiger partial charge in [-0.15, -0.1) is 5.10 Å². The maximum Gasteiger partial charge on any atom is 0.214 e. The van der Waals surface area contributed by atoms with E-state index < -0.39 is 0 Å². The average Bonchev–Trinajstić information content (AvgIpc) is 3.14. The fraction of sp³-hybridized carbons (Fsp3) is 0.611. The van der Waals surface area contributed by atoms with Crippen LogP contribution < -0.4 is 4.90 Å². The van der Waals surface area contributed by atoms with Gasteiger partial charge in [-0.3, -0.25) is 0 Å². The second-order valence-electron chi connectivity index (χ2n) is 7.03. The van der Waals surface area contributed by atoms with Crippen LogP contribution in [0.3, 0.4) is 0 Å². The van der Waals surface area contributed by atoms with Crippen molar-refractivity contribution in [3.8, 4) is 0 Å². The van der Waals surface area contributed by atoms with Gasteiger partial charge < -0.3 is 9.64 Å². The van der Waals surface area contributed by atoms with Crippen LogP contribution in [0.5, 0.6) is 0 Å². The third-order valence-electron chi connectivity index (χ3n) is 5.44. The number of benzene rings is 1. The fourth-order valence-electron chi connectivity index (χ4n) is 4.12. The van der Waals surface area contributed by atoms with Crippen LogP contribution in [0.15, 0.2) is 24.3 Å². The molecule has 4 rings (SSSR count). The van der Waals surface area contributed by atoms with Gasteiger partial charge in [0.15, 0.2) is 6.04 Å². The zero-order chi connectivity index (χ0) is 17.1. The van der Waals surface area contributed by atoms with Crippen LogP contribution in [-0.4, -0.2) is 46.5 Å². The molecule has 1 saturated heterocycles. The number of morpholine rings is 1. The zero-order valence-corrected chi connectivity index (χ0v) is 15.2. The van der Waals surface area contributed by atoms with Crippen molar-refractivity contribution >= 4 is 11.6 Å². The minimum atomic E-state index is 0.123. The monoisotopic (exact) mass is 362 g/mol. The summed E-state index contributed by atoms with van der Waals surface area (Å²) in [4.78, 5) is 1.46. The first-order chi connectivity index (χ1) is 12.3. The van der Waals surface area contributed by atoms with Gasteiger partial charge >= 0.3 is 0 Å². The molecule has 1 aliphatic carbocycles. The van der Waals surface area contributed by atoms with Crippen LogP contribution in [0, 0.1) is 0 Å². The first-order valence-corrected chi connectivity index (χ1v) is 9.66. The molecule has 1 aliphatic heterocycles. The minimum Gasteiger partial charge on any atom is -0.370 e. The number of hydrogen-bond donors (Lipinski definition) is 1. The topological polar surface area (TPSA) is 57.3 Å². The van der Waals surface area contributed by atoms with Crippen molar-refractivity contribution in [2.24, 2.45) is 0 Å². The maximum atomic E-state index is 6.11. The molecule has 0 spiro atoms. The number of aromatic nitrogens is 4. The summed E-state index contributed by atoms with van der Waals surface area (Å²) < 4.78 is 7.67. The second-order valence-corrected chi connectivity index (χ2v) is 7.47. The van der Waals surface area contributed by atoms with Crippen LogP contribution in [0.4, 0.5) is 0 Å². The Morgan fingerprint density at radius 2 is 1.80 bits per heavy atom. The Balaban J connectivity index is 1.70. The van der Waals surface area contributed by atoms with Gasteiger partial charge in [-0.25, -0.2) is 4.68 Å². The molecule has 2 fully saturated rings. The maximum absolute atomic E-state index is 6.11. The molecule has 134 valence electrons. The number of rotatable bonds is 4. The van der Waals surface area contributed by atoms with E-state index in [0.29, 0.717) is 6.04 Å². The van der Waals surface area contributed by atoms with Crippen LogP contribution in [-0.2, 0) is 4.74 Å². The van der Waals surface area contributed by atoms with E-state index in [1.165, 1.54) is 42.6 Å². The summed E-state index contributed by atoms with van der Waals surface area (Å²) in [5.41, 5.74) is 1.22. The lowest BCUT2D eigenvalue weighted by atomic mass is 9.95. The molecule has 1 saturated carbocycles. The molecule has 6 nitrogen and oxygen atoms in total. The molecule has 2 aliphatic rings. The number of halogens is 1. The normalized spacial score (nSPS) is 21.3. The molecular formula is C18H25ClN5O+. The molecule has 0 bridgehead atoms. The van der Waals surface area contributed by atoms with E-state index >= 15 is 0 Å². The highest BCUT2D eigenvalue weighted by Gasteiger charge is 2.34. The van der Waals surface area contributed by atoms with E-state index in [-0.39, 0.29) is 6.04 Å². The van der Waals surface area contributed by atoms with Crippen molar-refractivity contribution in [2.45, 2.75) is 44.2 Å². The highest BCUT2D eigenvalue weighted by Crippen LogP contribution is 2.30. The largest absolute Gasteiger partial charge is 0.370 e. The molecule has 1 N–H and O–H groups in total. The van der Waals surface area contributed by atoms with E-state index in [9.17, 15) is 0 Å². The van der Waals surface area contributed by atoms with Crippen LogP contribution in [0.2, 0.25) is 5.02 Å². The van der Waals surface area contributed by atoms with Gasteiger partial charge in [0.25, 0.3) is 0 Å². The molecule has 0 amide bonds. The first kappa shape index (κ1) is 16.9. The Labute approximate surface area is 153 Å². The SMILES string of the molecule is Clc1ccc([C@H](c2nnnn2C2CCCCC2)[NH+]2CCOCC2)cc1.